The van der Waals surface area contributed by atoms with E-state index in [1.807, 2.05) is 22.9 Å². The minimum absolute atomic E-state index is 0.00185. The maximum Gasteiger partial charge on any atom is 0.271 e. The van der Waals surface area contributed by atoms with Crippen molar-refractivity contribution in [1.82, 2.24) is 34.8 Å². The molecule has 0 amide bonds. The highest BCUT2D eigenvalue weighted by Crippen LogP contribution is 2.38. The highest BCUT2D eigenvalue weighted by atomic mass is 16.6. The number of hydrogen-bond acceptors (Lipinski definition) is 10. The number of ether oxygens (including phenoxy) is 1. The topological polar surface area (TPSA) is 166 Å². The number of morpholine rings is 1. The number of nitrogens with one attached hydrogen (secondary N) is 2. The van der Waals surface area contributed by atoms with Gasteiger partial charge in [0, 0.05) is 47.9 Å². The lowest BCUT2D eigenvalue weighted by molar-refractivity contribution is -0.384. The third kappa shape index (κ3) is 4.72. The van der Waals surface area contributed by atoms with Gasteiger partial charge in [-0.3, -0.25) is 20.1 Å². The number of aromatic amines is 1. The first-order valence-electron chi connectivity index (χ1n) is 13.9. The lowest BCUT2D eigenvalue weighted by Crippen LogP contribution is -2.45. The zero-order chi connectivity index (χ0) is 27.9. The summed E-state index contributed by atoms with van der Waals surface area (Å²) >= 11 is 0. The number of benzene rings is 2. The fraction of sp³-hybridized carbons (Fsp3) is 0.357. The first kappa shape index (κ1) is 25.4. The van der Waals surface area contributed by atoms with E-state index in [0.717, 1.165) is 85.2 Å². The summed E-state index contributed by atoms with van der Waals surface area (Å²) in [7, 11) is 0. The molecule has 1 aliphatic carbocycles. The number of non-ortho nitro benzene ring substituents is 1. The summed E-state index contributed by atoms with van der Waals surface area (Å²) in [5.74, 6) is 0.942. The van der Waals surface area contributed by atoms with Gasteiger partial charge in [0.1, 0.15) is 17.8 Å². The first-order chi connectivity index (χ1) is 20.0. The van der Waals surface area contributed by atoms with Crippen LogP contribution in [0.1, 0.15) is 31.7 Å². The number of nitrogens with two attached hydrogens (primary N) is 1. The molecule has 4 N–H and O–H groups in total. The third-order valence-corrected chi connectivity index (χ3v) is 8.25. The van der Waals surface area contributed by atoms with Crippen LogP contribution in [0, 0.1) is 10.1 Å². The van der Waals surface area contributed by atoms with Gasteiger partial charge in [-0.1, -0.05) is 12.1 Å². The van der Waals surface area contributed by atoms with E-state index in [4.69, 9.17) is 15.6 Å². The average Bonchev–Trinajstić information content (AvgIpc) is 3.60. The number of nitro benzene ring substituents is 1. The number of nitrogen functional groups attached to an aromatic ring is 1. The van der Waals surface area contributed by atoms with Crippen LogP contribution in [0.25, 0.3) is 33.2 Å². The summed E-state index contributed by atoms with van der Waals surface area (Å²) in [4.78, 5) is 22.3. The van der Waals surface area contributed by atoms with Gasteiger partial charge in [0.05, 0.1) is 35.1 Å². The normalized spacial score (nSPS) is 20.0. The van der Waals surface area contributed by atoms with Crippen LogP contribution in [0.5, 0.6) is 0 Å². The van der Waals surface area contributed by atoms with Gasteiger partial charge < -0.3 is 15.8 Å². The monoisotopic (exact) mass is 554 g/mol. The second kappa shape index (κ2) is 10.4. The number of aromatic nitrogens is 6. The van der Waals surface area contributed by atoms with Crippen LogP contribution in [-0.2, 0) is 4.74 Å². The number of nitrogens with zero attached hydrogens (tertiary/aromatic N) is 7. The van der Waals surface area contributed by atoms with E-state index < -0.39 is 4.92 Å². The highest BCUT2D eigenvalue weighted by molar-refractivity contribution is 6.01. The standard InChI is InChI=1S/C28H30N10O3/c29-26-24-25(17-4-9-23-22(14-17)27(34-33-23)32-18-2-1-3-21(15-18)38(39)40)35-37(28(24)31-16-30-26)20-7-5-19(6-8-20)36-10-12-41-13-11-36/h1-4,9,14-16,19-20H,5-8,10-13H2,(H2,29,30,31)(H2,32,33,34). The molecular weight excluding hydrogens is 524 g/mol. The van der Waals surface area contributed by atoms with Crippen LogP contribution in [0.3, 0.4) is 0 Å². The second-order valence-corrected chi connectivity index (χ2v) is 10.6. The Balaban J connectivity index is 1.21. The molecule has 2 fully saturated rings. The Kier molecular flexibility index (Phi) is 6.44. The zero-order valence-corrected chi connectivity index (χ0v) is 22.4. The van der Waals surface area contributed by atoms with Crippen molar-refractivity contribution >= 4 is 44.9 Å². The number of nitro groups is 1. The number of fused-ring (bicyclic) bond motifs is 2. The smallest absolute Gasteiger partial charge is 0.271 e. The summed E-state index contributed by atoms with van der Waals surface area (Å²) in [5, 5.41) is 28.5. The molecule has 0 unspecified atom stereocenters. The molecule has 7 rings (SSSR count). The van der Waals surface area contributed by atoms with Crippen LogP contribution in [0.4, 0.5) is 23.0 Å². The predicted octanol–water partition coefficient (Wildman–Crippen LogP) is 4.42. The Morgan fingerprint density at radius 3 is 2.66 bits per heavy atom. The summed E-state index contributed by atoms with van der Waals surface area (Å²) < 4.78 is 7.58. The molecule has 2 aliphatic rings. The van der Waals surface area contributed by atoms with Crippen molar-refractivity contribution in [1.29, 1.82) is 0 Å². The van der Waals surface area contributed by atoms with Crippen molar-refractivity contribution in [3.63, 3.8) is 0 Å². The van der Waals surface area contributed by atoms with E-state index in [1.54, 1.807) is 12.1 Å². The average molecular weight is 555 g/mol. The van der Waals surface area contributed by atoms with Gasteiger partial charge in [-0.2, -0.15) is 10.2 Å². The molecular formula is C28H30N10O3. The molecule has 41 heavy (non-hydrogen) atoms. The summed E-state index contributed by atoms with van der Waals surface area (Å²) in [6, 6.07) is 13.0. The zero-order valence-electron chi connectivity index (χ0n) is 22.4. The fourth-order valence-corrected chi connectivity index (χ4v) is 6.15. The van der Waals surface area contributed by atoms with E-state index in [1.165, 1.54) is 18.5 Å². The summed E-state index contributed by atoms with van der Waals surface area (Å²) in [6.45, 7) is 3.63. The minimum Gasteiger partial charge on any atom is -0.383 e. The lowest BCUT2D eigenvalue weighted by atomic mass is 9.90. The van der Waals surface area contributed by atoms with Crippen LogP contribution >= 0.6 is 0 Å². The lowest BCUT2D eigenvalue weighted by Gasteiger charge is -2.38. The largest absolute Gasteiger partial charge is 0.383 e. The van der Waals surface area contributed by atoms with Crippen molar-refractivity contribution < 1.29 is 9.66 Å². The number of H-pyrrole nitrogens is 1. The molecule has 1 saturated carbocycles. The molecule has 210 valence electrons. The van der Waals surface area contributed by atoms with E-state index in [-0.39, 0.29) is 11.7 Å². The van der Waals surface area contributed by atoms with Gasteiger partial charge in [0.15, 0.2) is 11.5 Å². The maximum absolute atomic E-state index is 11.2. The molecule has 1 saturated heterocycles. The van der Waals surface area contributed by atoms with Crippen molar-refractivity contribution in [3.8, 4) is 11.3 Å². The third-order valence-electron chi connectivity index (χ3n) is 8.25. The van der Waals surface area contributed by atoms with Gasteiger partial charge in [0.2, 0.25) is 0 Å². The van der Waals surface area contributed by atoms with Crippen LogP contribution in [0.15, 0.2) is 48.8 Å². The minimum atomic E-state index is -0.422. The Morgan fingerprint density at radius 2 is 1.85 bits per heavy atom. The molecule has 0 atom stereocenters. The van der Waals surface area contributed by atoms with Gasteiger partial charge in [-0.05, 0) is 43.9 Å². The first-order valence-corrected chi connectivity index (χ1v) is 13.9. The number of anilines is 3. The molecule has 13 nitrogen and oxygen atoms in total. The molecule has 3 aromatic heterocycles. The Bertz CT molecular complexity index is 1730. The van der Waals surface area contributed by atoms with Crippen molar-refractivity contribution in [3.05, 3.63) is 58.9 Å². The quantitative estimate of drug-likeness (QED) is 0.202. The van der Waals surface area contributed by atoms with E-state index in [2.05, 4.69) is 30.4 Å². The Labute approximate surface area is 234 Å². The van der Waals surface area contributed by atoms with Crippen LogP contribution in [0.2, 0.25) is 0 Å². The summed E-state index contributed by atoms with van der Waals surface area (Å²) in [6.07, 6.45) is 5.74. The van der Waals surface area contributed by atoms with Gasteiger partial charge in [-0.15, -0.1) is 0 Å². The molecule has 4 heterocycles. The Hall–Kier alpha value is -4.62. The van der Waals surface area contributed by atoms with E-state index in [9.17, 15) is 10.1 Å². The molecule has 0 spiro atoms. The molecule has 2 aromatic carbocycles. The number of rotatable bonds is 6. The van der Waals surface area contributed by atoms with Crippen LogP contribution < -0.4 is 11.1 Å². The molecule has 5 aromatic rings. The number of hydrogen-bond donors (Lipinski definition) is 3. The predicted molar refractivity (Wildman–Crippen MR) is 155 cm³/mol. The van der Waals surface area contributed by atoms with Crippen molar-refractivity contribution in [2.24, 2.45) is 0 Å². The van der Waals surface area contributed by atoms with Gasteiger partial charge >= 0.3 is 0 Å². The molecule has 0 bridgehead atoms. The van der Waals surface area contributed by atoms with Crippen molar-refractivity contribution in [2.75, 3.05) is 37.4 Å². The van der Waals surface area contributed by atoms with E-state index >= 15 is 0 Å². The molecule has 13 heteroatoms. The maximum atomic E-state index is 11.2. The Morgan fingerprint density at radius 1 is 1.05 bits per heavy atom. The SMILES string of the molecule is Nc1ncnc2c1c(-c1ccc3[nH]nc(Nc4cccc([N+](=O)[O-])c4)c3c1)nn2C1CCC(N2CCOCC2)CC1. The van der Waals surface area contributed by atoms with E-state index in [0.29, 0.717) is 23.4 Å². The second-order valence-electron chi connectivity index (χ2n) is 10.6. The molecule has 0 radical (unpaired) electrons. The summed E-state index contributed by atoms with van der Waals surface area (Å²) in [5.41, 5.74) is 10.1. The highest BCUT2D eigenvalue weighted by Gasteiger charge is 2.30. The van der Waals surface area contributed by atoms with Crippen LogP contribution in [-0.4, -0.2) is 72.1 Å². The van der Waals surface area contributed by atoms with Gasteiger partial charge in [0.25, 0.3) is 5.69 Å². The van der Waals surface area contributed by atoms with Gasteiger partial charge in [-0.25, -0.2) is 14.6 Å². The fourth-order valence-electron chi connectivity index (χ4n) is 6.15. The van der Waals surface area contributed by atoms with Crippen molar-refractivity contribution in [2.45, 2.75) is 37.8 Å². The molecule has 1 aliphatic heterocycles.